The van der Waals surface area contributed by atoms with Crippen LogP contribution in [0.15, 0.2) is 36.5 Å². The summed E-state index contributed by atoms with van der Waals surface area (Å²) in [6.07, 6.45) is 1.77. The first-order valence-electron chi connectivity index (χ1n) is 6.79. The molecular weight excluding hydrogens is 337 g/mol. The van der Waals surface area contributed by atoms with Gasteiger partial charge >= 0.3 is 0 Å². The lowest BCUT2D eigenvalue weighted by atomic mass is 10.3. The number of pyridine rings is 1. The highest BCUT2D eigenvalue weighted by atomic mass is 35.5. The van der Waals surface area contributed by atoms with Crippen molar-refractivity contribution in [1.29, 1.82) is 0 Å². The first kappa shape index (κ1) is 15.6. The first-order chi connectivity index (χ1) is 11.0. The molecule has 0 fully saturated rings. The molecule has 118 valence electrons. The number of halogens is 2. The number of ether oxygens (including phenoxy) is 1. The van der Waals surface area contributed by atoms with Crippen molar-refractivity contribution in [3.05, 3.63) is 58.0 Å². The van der Waals surface area contributed by atoms with Gasteiger partial charge in [0, 0.05) is 11.9 Å². The van der Waals surface area contributed by atoms with Crippen LogP contribution in [0.2, 0.25) is 10.0 Å². The second-order valence-electron chi connectivity index (χ2n) is 4.90. The summed E-state index contributed by atoms with van der Waals surface area (Å²) in [7, 11) is 1.56. The molecule has 7 heteroatoms. The van der Waals surface area contributed by atoms with Crippen LogP contribution in [0.5, 0.6) is 5.75 Å². The van der Waals surface area contributed by atoms with Crippen molar-refractivity contribution in [3.63, 3.8) is 0 Å². The number of nitrogens with zero attached hydrogens (tertiary/aromatic N) is 2. The van der Waals surface area contributed by atoms with Gasteiger partial charge in [0.1, 0.15) is 5.69 Å². The second-order valence-corrected chi connectivity index (χ2v) is 5.71. The van der Waals surface area contributed by atoms with Gasteiger partial charge in [0.2, 0.25) is 0 Å². The van der Waals surface area contributed by atoms with Crippen molar-refractivity contribution in [1.82, 2.24) is 9.38 Å². The number of hydrogen-bond acceptors (Lipinski definition) is 3. The molecule has 2 heterocycles. The van der Waals surface area contributed by atoms with Gasteiger partial charge in [0.05, 0.1) is 22.8 Å². The summed E-state index contributed by atoms with van der Waals surface area (Å²) in [4.78, 5) is 17.0. The molecule has 0 radical (unpaired) electrons. The van der Waals surface area contributed by atoms with Crippen LogP contribution in [0.1, 0.15) is 16.2 Å². The van der Waals surface area contributed by atoms with E-state index in [0.717, 1.165) is 0 Å². The number of imidazole rings is 1. The molecule has 2 aromatic heterocycles. The van der Waals surface area contributed by atoms with Crippen LogP contribution >= 0.6 is 23.2 Å². The zero-order valence-corrected chi connectivity index (χ0v) is 13.9. The number of amides is 1. The molecule has 0 aliphatic rings. The molecule has 3 aromatic rings. The fourth-order valence-electron chi connectivity index (χ4n) is 2.35. The van der Waals surface area contributed by atoms with Crippen LogP contribution in [0.4, 0.5) is 5.69 Å². The summed E-state index contributed by atoms with van der Waals surface area (Å²) in [5, 5.41) is 3.61. The lowest BCUT2D eigenvalue weighted by Gasteiger charge is -2.07. The Kier molecular flexibility index (Phi) is 4.15. The molecule has 0 atom stereocenters. The van der Waals surface area contributed by atoms with Crippen LogP contribution in [-0.4, -0.2) is 22.4 Å². The first-order valence-corrected chi connectivity index (χ1v) is 7.55. The molecule has 0 bridgehead atoms. The minimum atomic E-state index is -0.290. The highest BCUT2D eigenvalue weighted by Gasteiger charge is 2.18. The van der Waals surface area contributed by atoms with Gasteiger partial charge in [0.15, 0.2) is 11.4 Å². The Morgan fingerprint density at radius 2 is 2.04 bits per heavy atom. The van der Waals surface area contributed by atoms with Crippen molar-refractivity contribution in [3.8, 4) is 5.75 Å². The normalized spacial score (nSPS) is 10.8. The van der Waals surface area contributed by atoms with E-state index in [2.05, 4.69) is 10.3 Å². The fraction of sp³-hybridized carbons (Fsp3) is 0.125. The minimum Gasteiger partial charge on any atom is -0.493 e. The maximum absolute atomic E-state index is 12.6. The molecule has 1 amide bonds. The Hall–Kier alpha value is -2.24. The standard InChI is InChI=1S/C16H13Cl2N3O2/c1-9-14(21-7-3-4-13(23-2)15(21)19-9)16(22)20-10-5-6-11(17)12(18)8-10/h3-8H,1-2H3,(H,20,22). The number of rotatable bonds is 3. The smallest absolute Gasteiger partial charge is 0.274 e. The molecule has 0 spiro atoms. The molecule has 1 aromatic carbocycles. The van der Waals surface area contributed by atoms with Crippen LogP contribution in [0.25, 0.3) is 5.65 Å². The van der Waals surface area contributed by atoms with E-state index in [-0.39, 0.29) is 5.91 Å². The molecule has 0 unspecified atom stereocenters. The third-order valence-corrected chi connectivity index (χ3v) is 4.14. The van der Waals surface area contributed by atoms with Crippen molar-refractivity contribution < 1.29 is 9.53 Å². The monoisotopic (exact) mass is 349 g/mol. The highest BCUT2D eigenvalue weighted by Crippen LogP contribution is 2.26. The van der Waals surface area contributed by atoms with Gasteiger partial charge in [-0.3, -0.25) is 9.20 Å². The zero-order valence-electron chi connectivity index (χ0n) is 12.4. The summed E-state index contributed by atoms with van der Waals surface area (Å²) in [5.74, 6) is 0.311. The van der Waals surface area contributed by atoms with E-state index in [4.69, 9.17) is 27.9 Å². The molecule has 23 heavy (non-hydrogen) atoms. The molecule has 1 N–H and O–H groups in total. The van der Waals surface area contributed by atoms with Crippen molar-refractivity contribution >= 4 is 40.4 Å². The molecule has 0 saturated heterocycles. The molecule has 5 nitrogen and oxygen atoms in total. The molecule has 0 aliphatic carbocycles. The SMILES string of the molecule is COc1cccn2c(C(=O)Nc3ccc(Cl)c(Cl)c3)c(C)nc12. The van der Waals surface area contributed by atoms with Crippen LogP contribution in [-0.2, 0) is 0 Å². The maximum Gasteiger partial charge on any atom is 0.274 e. The van der Waals surface area contributed by atoms with Gasteiger partial charge in [-0.05, 0) is 37.3 Å². The minimum absolute atomic E-state index is 0.290. The summed E-state index contributed by atoms with van der Waals surface area (Å²) >= 11 is 11.9. The number of anilines is 1. The van der Waals surface area contributed by atoms with Crippen molar-refractivity contribution in [2.24, 2.45) is 0 Å². The van der Waals surface area contributed by atoms with E-state index in [0.29, 0.717) is 38.5 Å². The van der Waals surface area contributed by atoms with E-state index < -0.39 is 0 Å². The summed E-state index contributed by atoms with van der Waals surface area (Å²) in [5.41, 5.74) is 2.19. The number of carbonyl (C=O) groups excluding carboxylic acids is 1. The maximum atomic E-state index is 12.6. The predicted octanol–water partition coefficient (Wildman–Crippen LogP) is 4.21. The van der Waals surface area contributed by atoms with Crippen molar-refractivity contribution in [2.45, 2.75) is 6.92 Å². The summed E-state index contributed by atoms with van der Waals surface area (Å²) in [6.45, 7) is 1.77. The number of nitrogens with one attached hydrogen (secondary N) is 1. The number of fused-ring (bicyclic) bond motifs is 1. The Morgan fingerprint density at radius 3 is 2.74 bits per heavy atom. The largest absolute Gasteiger partial charge is 0.493 e. The van der Waals surface area contributed by atoms with Gasteiger partial charge in [-0.25, -0.2) is 4.98 Å². The lowest BCUT2D eigenvalue weighted by Crippen LogP contribution is -2.15. The summed E-state index contributed by atoms with van der Waals surface area (Å²) < 4.78 is 6.97. The third kappa shape index (κ3) is 2.85. The average molecular weight is 350 g/mol. The van der Waals surface area contributed by atoms with Gasteiger partial charge in [-0.15, -0.1) is 0 Å². The van der Waals surface area contributed by atoms with Crippen LogP contribution in [0.3, 0.4) is 0 Å². The van der Waals surface area contributed by atoms with Crippen LogP contribution in [0, 0.1) is 6.92 Å². The van der Waals surface area contributed by atoms with Crippen molar-refractivity contribution in [2.75, 3.05) is 12.4 Å². The Bertz CT molecular complexity index is 906. The molecule has 0 saturated carbocycles. The zero-order chi connectivity index (χ0) is 16.6. The number of aromatic nitrogens is 2. The number of hydrogen-bond donors (Lipinski definition) is 1. The quantitative estimate of drug-likeness (QED) is 0.770. The second kappa shape index (κ2) is 6.10. The topological polar surface area (TPSA) is 55.6 Å². The number of benzene rings is 1. The Morgan fingerprint density at radius 1 is 1.26 bits per heavy atom. The predicted molar refractivity (Wildman–Crippen MR) is 90.9 cm³/mol. The van der Waals surface area contributed by atoms with Crippen LogP contribution < -0.4 is 10.1 Å². The average Bonchev–Trinajstić information content (AvgIpc) is 2.86. The fourth-order valence-corrected chi connectivity index (χ4v) is 2.65. The molecule has 3 rings (SSSR count). The van der Waals surface area contributed by atoms with Gasteiger partial charge in [0.25, 0.3) is 5.91 Å². The van der Waals surface area contributed by atoms with E-state index in [9.17, 15) is 4.79 Å². The van der Waals surface area contributed by atoms with E-state index >= 15 is 0 Å². The van der Waals surface area contributed by atoms with E-state index in [1.165, 1.54) is 0 Å². The summed E-state index contributed by atoms with van der Waals surface area (Å²) in [6, 6.07) is 8.50. The Labute approximate surface area is 142 Å². The number of methoxy groups -OCH3 is 1. The number of carbonyl (C=O) groups is 1. The molecular formula is C16H13Cl2N3O2. The lowest BCUT2D eigenvalue weighted by molar-refractivity contribution is 0.102. The van der Waals surface area contributed by atoms with E-state index in [1.54, 1.807) is 55.0 Å². The molecule has 0 aliphatic heterocycles. The van der Waals surface area contributed by atoms with Gasteiger partial charge < -0.3 is 10.1 Å². The van der Waals surface area contributed by atoms with Gasteiger partial charge in [-0.1, -0.05) is 23.2 Å². The van der Waals surface area contributed by atoms with Gasteiger partial charge in [-0.2, -0.15) is 0 Å². The Balaban J connectivity index is 2.01. The number of aryl methyl sites for hydroxylation is 1. The highest BCUT2D eigenvalue weighted by molar-refractivity contribution is 6.42. The van der Waals surface area contributed by atoms with E-state index in [1.807, 2.05) is 0 Å². The third-order valence-electron chi connectivity index (χ3n) is 3.40.